The molecule has 0 bridgehead atoms. The van der Waals surface area contributed by atoms with Crippen molar-refractivity contribution in [1.29, 1.82) is 0 Å². The standard InChI is InChI=1S/C32H43N3O6/c1-7-21(20-36)35-26-29(39)34(30(4,5)6)19-11-17-32(26)25(28(35)38)24-27(37)33(18-10-16-31(24,8-2)41-32)22-12-14-23(15-13-22)40-9-3/h10-17,21,24-26,36H,7-9,18-20H2,1-6H3/t21-,24+,25-,26?,31-,32-/m0/s1. The summed E-state index contributed by atoms with van der Waals surface area (Å²) in [7, 11) is 0. The average molecular weight is 566 g/mol. The van der Waals surface area contributed by atoms with Crippen LogP contribution in [-0.4, -0.2) is 87.8 Å². The highest BCUT2D eigenvalue weighted by Crippen LogP contribution is 2.59. The fourth-order valence-corrected chi connectivity index (χ4v) is 7.23. The smallest absolute Gasteiger partial charge is 0.249 e. The monoisotopic (exact) mass is 565 g/mol. The van der Waals surface area contributed by atoms with Crippen LogP contribution in [0.1, 0.15) is 54.4 Å². The van der Waals surface area contributed by atoms with Gasteiger partial charge in [0, 0.05) is 24.3 Å². The summed E-state index contributed by atoms with van der Waals surface area (Å²) in [6.45, 7) is 12.6. The molecule has 0 saturated carbocycles. The third-order valence-electron chi connectivity index (χ3n) is 9.22. The summed E-state index contributed by atoms with van der Waals surface area (Å²) >= 11 is 0. The van der Waals surface area contributed by atoms with Gasteiger partial charge in [-0.3, -0.25) is 14.4 Å². The number of aliphatic hydroxyl groups is 1. The topological polar surface area (TPSA) is 99.6 Å². The molecular formula is C32H43N3O6. The minimum Gasteiger partial charge on any atom is -0.494 e. The molecule has 0 aromatic heterocycles. The van der Waals surface area contributed by atoms with Gasteiger partial charge in [0.25, 0.3) is 0 Å². The predicted molar refractivity (Wildman–Crippen MR) is 155 cm³/mol. The van der Waals surface area contributed by atoms with Crippen LogP contribution in [0.2, 0.25) is 0 Å². The molecule has 9 heteroatoms. The molecule has 5 rings (SSSR count). The lowest BCUT2D eigenvalue weighted by atomic mass is 9.73. The predicted octanol–water partition coefficient (Wildman–Crippen LogP) is 3.32. The molecule has 4 aliphatic heterocycles. The third-order valence-corrected chi connectivity index (χ3v) is 9.22. The molecule has 1 aromatic carbocycles. The molecule has 6 atom stereocenters. The van der Waals surface area contributed by atoms with Gasteiger partial charge >= 0.3 is 0 Å². The Hall–Kier alpha value is -3.17. The number of aliphatic hydroxyl groups excluding tert-OH is 1. The number of anilines is 1. The largest absolute Gasteiger partial charge is 0.494 e. The van der Waals surface area contributed by atoms with Crippen LogP contribution >= 0.6 is 0 Å². The summed E-state index contributed by atoms with van der Waals surface area (Å²) < 4.78 is 12.6. The highest BCUT2D eigenvalue weighted by molar-refractivity contribution is 6.04. The number of rotatable bonds is 7. The van der Waals surface area contributed by atoms with Gasteiger partial charge in [0.1, 0.15) is 17.4 Å². The van der Waals surface area contributed by atoms with Crippen LogP contribution in [-0.2, 0) is 19.1 Å². The second-order valence-electron chi connectivity index (χ2n) is 12.4. The number of likely N-dealkylation sites (tertiary alicyclic amines) is 1. The van der Waals surface area contributed by atoms with Gasteiger partial charge in [-0.25, -0.2) is 0 Å². The van der Waals surface area contributed by atoms with E-state index in [0.717, 1.165) is 0 Å². The molecule has 1 unspecified atom stereocenters. The van der Waals surface area contributed by atoms with Crippen molar-refractivity contribution in [2.24, 2.45) is 11.8 Å². The molecule has 222 valence electrons. The summed E-state index contributed by atoms with van der Waals surface area (Å²) in [6, 6.07) is 5.79. The summed E-state index contributed by atoms with van der Waals surface area (Å²) in [4.78, 5) is 48.6. The maximum Gasteiger partial charge on any atom is 0.249 e. The van der Waals surface area contributed by atoms with Crippen molar-refractivity contribution in [2.75, 3.05) is 31.2 Å². The first kappa shape index (κ1) is 29.3. The number of carbonyl (C=O) groups is 3. The van der Waals surface area contributed by atoms with Crippen molar-refractivity contribution in [3.63, 3.8) is 0 Å². The van der Waals surface area contributed by atoms with Gasteiger partial charge < -0.3 is 29.3 Å². The second kappa shape index (κ2) is 10.6. The number of hydrogen-bond acceptors (Lipinski definition) is 6. The van der Waals surface area contributed by atoms with Crippen molar-refractivity contribution in [3.05, 3.63) is 48.6 Å². The van der Waals surface area contributed by atoms with Crippen LogP contribution in [0.4, 0.5) is 5.69 Å². The minimum absolute atomic E-state index is 0.216. The number of nitrogens with zero attached hydrogens (tertiary/aromatic N) is 3. The molecule has 1 spiro atoms. The Kier molecular flexibility index (Phi) is 7.57. The van der Waals surface area contributed by atoms with Crippen LogP contribution in [0.3, 0.4) is 0 Å². The molecule has 1 aromatic rings. The lowest BCUT2D eigenvalue weighted by Crippen LogP contribution is -2.61. The van der Waals surface area contributed by atoms with Crippen molar-refractivity contribution in [3.8, 4) is 5.75 Å². The van der Waals surface area contributed by atoms with Crippen LogP contribution in [0.15, 0.2) is 48.6 Å². The second-order valence-corrected chi connectivity index (χ2v) is 12.4. The molecule has 2 fully saturated rings. The minimum atomic E-state index is -1.35. The Labute approximate surface area is 242 Å². The maximum atomic E-state index is 14.6. The van der Waals surface area contributed by atoms with Gasteiger partial charge in [0.15, 0.2) is 0 Å². The molecular weight excluding hydrogens is 522 g/mol. The Morgan fingerprint density at radius 1 is 0.976 bits per heavy atom. The number of amides is 3. The van der Waals surface area contributed by atoms with Crippen LogP contribution < -0.4 is 9.64 Å². The number of fused-ring (bicyclic) bond motifs is 2. The summed E-state index contributed by atoms with van der Waals surface area (Å²) in [5.74, 6) is -1.83. The molecule has 0 radical (unpaired) electrons. The van der Waals surface area contributed by atoms with E-state index in [1.165, 1.54) is 4.90 Å². The Morgan fingerprint density at radius 3 is 2.24 bits per heavy atom. The molecule has 3 amide bonds. The highest BCUT2D eigenvalue weighted by atomic mass is 16.5. The van der Waals surface area contributed by atoms with E-state index in [9.17, 15) is 19.5 Å². The quantitative estimate of drug-likeness (QED) is 0.510. The van der Waals surface area contributed by atoms with Crippen LogP contribution in [0.5, 0.6) is 5.75 Å². The zero-order chi connectivity index (χ0) is 29.7. The molecule has 1 N–H and O–H groups in total. The summed E-state index contributed by atoms with van der Waals surface area (Å²) in [5, 5.41) is 10.3. The van der Waals surface area contributed by atoms with Gasteiger partial charge in [-0.15, -0.1) is 0 Å². The van der Waals surface area contributed by atoms with Gasteiger partial charge in [-0.2, -0.15) is 0 Å². The van der Waals surface area contributed by atoms with Crippen molar-refractivity contribution >= 4 is 23.4 Å². The van der Waals surface area contributed by atoms with E-state index in [1.54, 1.807) is 9.80 Å². The van der Waals surface area contributed by atoms with E-state index in [2.05, 4.69) is 0 Å². The highest BCUT2D eigenvalue weighted by Gasteiger charge is 2.76. The van der Waals surface area contributed by atoms with Crippen molar-refractivity contribution < 1.29 is 29.0 Å². The van der Waals surface area contributed by atoms with E-state index in [0.29, 0.717) is 44.0 Å². The molecule has 4 heterocycles. The van der Waals surface area contributed by atoms with Gasteiger partial charge in [0.05, 0.1) is 36.7 Å². The van der Waals surface area contributed by atoms with E-state index < -0.39 is 40.7 Å². The van der Waals surface area contributed by atoms with Crippen molar-refractivity contribution in [2.45, 2.75) is 83.2 Å². The zero-order valence-electron chi connectivity index (χ0n) is 25.0. The molecule has 41 heavy (non-hydrogen) atoms. The lowest BCUT2D eigenvalue weighted by Gasteiger charge is -2.43. The van der Waals surface area contributed by atoms with Crippen molar-refractivity contribution in [1.82, 2.24) is 9.80 Å². The van der Waals surface area contributed by atoms with Gasteiger partial charge in [-0.1, -0.05) is 38.2 Å². The molecule has 2 saturated heterocycles. The van der Waals surface area contributed by atoms with Gasteiger partial charge in [-0.05, 0) is 64.8 Å². The molecule has 4 aliphatic rings. The van der Waals surface area contributed by atoms with Crippen LogP contribution in [0.25, 0.3) is 0 Å². The summed E-state index contributed by atoms with van der Waals surface area (Å²) in [5.41, 5.74) is -2.22. The van der Waals surface area contributed by atoms with Gasteiger partial charge in [0.2, 0.25) is 17.7 Å². The first-order valence-electron chi connectivity index (χ1n) is 14.8. The summed E-state index contributed by atoms with van der Waals surface area (Å²) in [6.07, 6.45) is 8.54. The van der Waals surface area contributed by atoms with E-state index in [4.69, 9.17) is 9.47 Å². The van der Waals surface area contributed by atoms with E-state index in [-0.39, 0.29) is 24.3 Å². The Balaban J connectivity index is 1.65. The first-order valence-corrected chi connectivity index (χ1v) is 14.8. The number of hydrogen-bond donors (Lipinski definition) is 1. The van der Waals surface area contributed by atoms with Crippen LogP contribution in [0, 0.1) is 11.8 Å². The maximum absolute atomic E-state index is 14.6. The first-order chi connectivity index (χ1) is 19.5. The Morgan fingerprint density at radius 2 is 1.66 bits per heavy atom. The van der Waals surface area contributed by atoms with E-state index >= 15 is 0 Å². The number of ether oxygens (including phenoxy) is 2. The third kappa shape index (κ3) is 4.39. The average Bonchev–Trinajstić information content (AvgIpc) is 3.22. The molecule has 9 nitrogen and oxygen atoms in total. The molecule has 0 aliphatic carbocycles. The SMILES string of the molecule is CCOc1ccc(N2CC=C[C@]3(CC)O[C@]45C=CCN(C(C)(C)C)C(=O)C4N([C@@H](CC)CO)C(=O)[C@@H]5[C@@H]3C2=O)cc1. The fraction of sp³-hybridized carbons (Fsp3) is 0.594. The number of carbonyl (C=O) groups excluding carboxylic acids is 3. The lowest BCUT2D eigenvalue weighted by molar-refractivity contribution is -0.158. The number of benzene rings is 1. The zero-order valence-corrected chi connectivity index (χ0v) is 25.0. The van der Waals surface area contributed by atoms with E-state index in [1.807, 2.05) is 90.1 Å². The Bertz CT molecular complexity index is 1250. The normalized spacial score (nSPS) is 32.0. The fourth-order valence-electron chi connectivity index (χ4n) is 7.23.